The maximum Gasteiger partial charge on any atom is 0.328 e. The van der Waals surface area contributed by atoms with Crippen molar-refractivity contribution in [3.63, 3.8) is 0 Å². The van der Waals surface area contributed by atoms with Gasteiger partial charge in [-0.15, -0.1) is 0 Å². The van der Waals surface area contributed by atoms with Gasteiger partial charge in [-0.25, -0.2) is 8.42 Å². The van der Waals surface area contributed by atoms with Gasteiger partial charge >= 0.3 is 5.97 Å². The first-order chi connectivity index (χ1) is 13.4. The molecule has 0 aromatic heterocycles. The van der Waals surface area contributed by atoms with Crippen LogP contribution >= 0.6 is 0 Å². The zero-order valence-corrected chi connectivity index (χ0v) is 16.6. The number of hydrogen-bond donors (Lipinski definition) is 2. The monoisotopic (exact) mass is 407 g/mol. The van der Waals surface area contributed by atoms with Crippen molar-refractivity contribution in [1.29, 1.82) is 0 Å². The van der Waals surface area contributed by atoms with Crippen molar-refractivity contribution in [3.8, 4) is 0 Å². The van der Waals surface area contributed by atoms with Crippen LogP contribution in [0.5, 0.6) is 0 Å². The molecule has 0 radical (unpaired) electrons. The highest BCUT2D eigenvalue weighted by Gasteiger charge is 2.30. The number of rotatable bonds is 5. The van der Waals surface area contributed by atoms with Crippen molar-refractivity contribution in [2.45, 2.75) is 62.5 Å². The summed E-state index contributed by atoms with van der Waals surface area (Å²) in [6.45, 7) is 1.14. The lowest BCUT2D eigenvalue weighted by atomic mass is 10.1. The smallest absolute Gasteiger partial charge is 0.328 e. The number of nitrogens with zero attached hydrogens (tertiary/aromatic N) is 1. The summed E-state index contributed by atoms with van der Waals surface area (Å²) in [4.78, 5) is 28.4. The second-order valence-electron chi connectivity index (χ2n) is 7.10. The highest BCUT2D eigenvalue weighted by Crippen LogP contribution is 2.22. The van der Waals surface area contributed by atoms with Gasteiger partial charge in [-0.05, 0) is 31.9 Å². The molecule has 1 amide bonds. The molecule has 0 saturated heterocycles. The Balaban J connectivity index is 1.54. The predicted molar refractivity (Wildman–Crippen MR) is 103 cm³/mol. The molecule has 0 unspecified atom stereocenters. The molecule has 1 heterocycles. The molecule has 1 atom stereocenters. The number of aliphatic imine (C=N–C) groups is 1. The number of sulfonamides is 1. The van der Waals surface area contributed by atoms with Gasteiger partial charge in [0.25, 0.3) is 15.9 Å². The molecule has 8 nitrogen and oxygen atoms in total. The zero-order valence-electron chi connectivity index (χ0n) is 15.8. The van der Waals surface area contributed by atoms with E-state index in [4.69, 9.17) is 4.74 Å². The maximum absolute atomic E-state index is 12.3. The number of ether oxygens (including phenoxy) is 1. The molecule has 2 N–H and O–H groups in total. The molecule has 1 saturated carbocycles. The van der Waals surface area contributed by atoms with Crippen molar-refractivity contribution in [2.75, 3.05) is 6.54 Å². The Morgan fingerprint density at radius 3 is 2.61 bits per heavy atom. The van der Waals surface area contributed by atoms with E-state index in [0.717, 1.165) is 25.7 Å². The van der Waals surface area contributed by atoms with Crippen molar-refractivity contribution < 1.29 is 22.7 Å². The molecule has 1 aliphatic heterocycles. The van der Waals surface area contributed by atoms with Crippen LogP contribution in [0, 0.1) is 0 Å². The number of hydrogen-bond acceptors (Lipinski definition) is 6. The third-order valence-electron chi connectivity index (χ3n) is 4.91. The fourth-order valence-electron chi connectivity index (χ4n) is 3.43. The van der Waals surface area contributed by atoms with Crippen molar-refractivity contribution >= 4 is 27.7 Å². The average molecular weight is 407 g/mol. The Morgan fingerprint density at radius 2 is 1.89 bits per heavy atom. The van der Waals surface area contributed by atoms with E-state index in [1.165, 1.54) is 25.8 Å². The third kappa shape index (κ3) is 4.89. The normalized spacial score (nSPS) is 21.2. The molecule has 28 heavy (non-hydrogen) atoms. The first kappa shape index (κ1) is 20.3. The molecule has 1 fully saturated rings. The number of fused-ring (bicyclic) bond motifs is 1. The summed E-state index contributed by atoms with van der Waals surface area (Å²) in [7, 11) is -3.66. The van der Waals surface area contributed by atoms with Crippen LogP contribution in [-0.2, 0) is 24.3 Å². The Hall–Kier alpha value is -2.42. The second-order valence-corrected chi connectivity index (χ2v) is 8.75. The van der Waals surface area contributed by atoms with Crippen LogP contribution in [0.25, 0.3) is 0 Å². The molecular formula is C19H25N3O5S. The summed E-state index contributed by atoms with van der Waals surface area (Å²) in [5, 5.41) is 2.94. The Morgan fingerprint density at radius 1 is 1.21 bits per heavy atom. The Bertz CT molecular complexity index is 873. The fourth-order valence-corrected chi connectivity index (χ4v) is 4.68. The van der Waals surface area contributed by atoms with Gasteiger partial charge in [-0.1, -0.05) is 37.8 Å². The minimum absolute atomic E-state index is 0.100. The lowest BCUT2D eigenvalue weighted by Crippen LogP contribution is -2.42. The van der Waals surface area contributed by atoms with Gasteiger partial charge in [-0.2, -0.15) is 0 Å². The minimum atomic E-state index is -3.66. The molecule has 2 aliphatic rings. The third-order valence-corrected chi connectivity index (χ3v) is 6.31. The summed E-state index contributed by atoms with van der Waals surface area (Å²) in [6, 6.07) is 6.51. The lowest BCUT2D eigenvalue weighted by Gasteiger charge is -2.19. The van der Waals surface area contributed by atoms with Crippen LogP contribution in [0.4, 0.5) is 0 Å². The van der Waals surface area contributed by atoms with Crippen LogP contribution < -0.4 is 10.0 Å². The molecule has 152 valence electrons. The van der Waals surface area contributed by atoms with E-state index >= 15 is 0 Å². The Kier molecular flexibility index (Phi) is 6.33. The first-order valence-electron chi connectivity index (χ1n) is 9.53. The van der Waals surface area contributed by atoms with Crippen LogP contribution in [0.15, 0.2) is 34.2 Å². The molecule has 1 aromatic rings. The van der Waals surface area contributed by atoms with Gasteiger partial charge in [-0.3, -0.25) is 19.3 Å². The summed E-state index contributed by atoms with van der Waals surface area (Å²) in [5.41, 5.74) is 0.412. The van der Waals surface area contributed by atoms with Gasteiger partial charge in [0.2, 0.25) is 0 Å². The Labute approximate surface area is 164 Å². The fraction of sp³-hybridized carbons (Fsp3) is 0.526. The predicted octanol–water partition coefficient (Wildman–Crippen LogP) is 1.50. The van der Waals surface area contributed by atoms with Gasteiger partial charge < -0.3 is 10.1 Å². The van der Waals surface area contributed by atoms with Crippen molar-refractivity contribution in [2.24, 2.45) is 4.99 Å². The second kappa shape index (κ2) is 8.72. The van der Waals surface area contributed by atoms with Crippen molar-refractivity contribution in [1.82, 2.24) is 10.0 Å². The first-order valence-corrected chi connectivity index (χ1v) is 11.0. The van der Waals surface area contributed by atoms with E-state index in [1.54, 1.807) is 18.2 Å². The van der Waals surface area contributed by atoms with Crippen LogP contribution in [0.2, 0.25) is 0 Å². The summed E-state index contributed by atoms with van der Waals surface area (Å²) in [6.07, 6.45) is 5.51. The number of carbonyl (C=O) groups is 2. The quantitative estimate of drug-likeness (QED) is 0.567. The summed E-state index contributed by atoms with van der Waals surface area (Å²) < 4.78 is 31.5. The highest BCUT2D eigenvalue weighted by atomic mass is 32.2. The van der Waals surface area contributed by atoms with Gasteiger partial charge in [0.1, 0.15) is 12.4 Å². The number of nitrogens with one attached hydrogen (secondary N) is 2. The minimum Gasteiger partial charge on any atom is -0.451 e. The average Bonchev–Trinajstić information content (AvgIpc) is 2.82. The molecule has 3 rings (SSSR count). The molecular weight excluding hydrogens is 382 g/mol. The summed E-state index contributed by atoms with van der Waals surface area (Å²) in [5.74, 6) is -0.914. The summed E-state index contributed by atoms with van der Waals surface area (Å²) >= 11 is 0. The number of carbonyl (C=O) groups excluding carboxylic acids is 2. The zero-order chi connectivity index (χ0) is 20.1. The SMILES string of the molecule is C[C@H](OC(=O)CN=C1NS(=O)(=O)c2ccccc21)C(=O)NC1CCCCCC1. The van der Waals surface area contributed by atoms with Gasteiger partial charge in [0.15, 0.2) is 6.10 Å². The number of esters is 1. The van der Waals surface area contributed by atoms with Crippen molar-refractivity contribution in [3.05, 3.63) is 29.8 Å². The van der Waals surface area contributed by atoms with Crippen LogP contribution in [0.3, 0.4) is 0 Å². The molecule has 1 aliphatic carbocycles. The number of amidine groups is 1. The van der Waals surface area contributed by atoms with Gasteiger partial charge in [0, 0.05) is 11.6 Å². The largest absolute Gasteiger partial charge is 0.451 e. The van der Waals surface area contributed by atoms with Crippen LogP contribution in [-0.4, -0.2) is 44.8 Å². The van der Waals surface area contributed by atoms with E-state index in [-0.39, 0.29) is 29.2 Å². The lowest BCUT2D eigenvalue weighted by molar-refractivity contribution is -0.153. The number of amides is 1. The van der Waals surface area contributed by atoms with E-state index in [0.29, 0.717) is 5.56 Å². The van der Waals surface area contributed by atoms with E-state index in [1.807, 2.05) is 0 Å². The molecule has 1 aromatic carbocycles. The topological polar surface area (TPSA) is 114 Å². The van der Waals surface area contributed by atoms with E-state index in [2.05, 4.69) is 15.0 Å². The maximum atomic E-state index is 12.3. The molecule has 0 spiro atoms. The van der Waals surface area contributed by atoms with E-state index < -0.39 is 22.1 Å². The highest BCUT2D eigenvalue weighted by molar-refractivity contribution is 7.90. The number of benzene rings is 1. The van der Waals surface area contributed by atoms with Crippen LogP contribution in [0.1, 0.15) is 51.0 Å². The molecule has 0 bridgehead atoms. The molecule has 9 heteroatoms. The van der Waals surface area contributed by atoms with Gasteiger partial charge in [0.05, 0.1) is 4.90 Å². The standard InChI is InChI=1S/C19H25N3O5S/c1-13(19(24)21-14-8-4-2-3-5-9-14)27-17(23)12-20-18-15-10-6-7-11-16(15)28(25,26)22-18/h6-7,10-11,13-14H,2-5,8-9,12H2,1H3,(H,20,22)(H,21,24)/t13-/m0/s1. The van der Waals surface area contributed by atoms with E-state index in [9.17, 15) is 18.0 Å².